The molecule has 2 unspecified atom stereocenters. The fraction of sp³-hybridized carbons (Fsp3) is 0.731. The third-order valence-corrected chi connectivity index (χ3v) is 8.47. The maximum absolute atomic E-state index is 13.7. The van der Waals surface area contributed by atoms with Gasteiger partial charge in [-0.1, -0.05) is 33.6 Å². The summed E-state index contributed by atoms with van der Waals surface area (Å²) in [7, 11) is 1.88. The average molecular weight is 439 g/mol. The average Bonchev–Trinajstić information content (AvgIpc) is 2.95. The van der Waals surface area contributed by atoms with E-state index in [0.717, 1.165) is 50.7 Å². The summed E-state index contributed by atoms with van der Waals surface area (Å²) in [5.41, 5.74) is 2.06. The Balaban J connectivity index is 1.52. The zero-order valence-corrected chi connectivity index (χ0v) is 20.4. The van der Waals surface area contributed by atoms with E-state index in [1.54, 1.807) is 10.9 Å². The molecule has 4 aliphatic carbocycles. The van der Waals surface area contributed by atoms with Gasteiger partial charge in [0.05, 0.1) is 11.1 Å². The largest absolute Gasteiger partial charge is 0.346 e. The van der Waals surface area contributed by atoms with Crippen LogP contribution in [-0.4, -0.2) is 25.8 Å². The smallest absolute Gasteiger partial charge is 0.257 e. The Labute approximate surface area is 190 Å². The van der Waals surface area contributed by atoms with Gasteiger partial charge >= 0.3 is 0 Å². The second-order valence-electron chi connectivity index (χ2n) is 12.0. The molecule has 6 nitrogen and oxygen atoms in total. The molecule has 0 radical (unpaired) electrons. The molecule has 2 heterocycles. The molecule has 0 aliphatic heterocycles. The zero-order valence-electron chi connectivity index (χ0n) is 20.4. The highest BCUT2D eigenvalue weighted by atomic mass is 16.2. The van der Waals surface area contributed by atoms with Crippen molar-refractivity contribution < 1.29 is 4.79 Å². The molecule has 6 heteroatoms. The summed E-state index contributed by atoms with van der Waals surface area (Å²) in [6.45, 7) is 9.64. The number of amides is 1. The highest BCUT2D eigenvalue weighted by molar-refractivity contribution is 5.97. The van der Waals surface area contributed by atoms with Gasteiger partial charge in [-0.2, -0.15) is 5.10 Å². The van der Waals surface area contributed by atoms with Gasteiger partial charge in [-0.15, -0.1) is 0 Å². The molecule has 4 saturated carbocycles. The number of nitrogens with zero attached hydrogens (tertiary/aromatic N) is 3. The maximum atomic E-state index is 13.7. The van der Waals surface area contributed by atoms with Gasteiger partial charge in [-0.05, 0) is 68.6 Å². The van der Waals surface area contributed by atoms with Gasteiger partial charge in [0.1, 0.15) is 11.2 Å². The molecule has 0 aromatic carbocycles. The highest BCUT2D eigenvalue weighted by Gasteiger charge is 2.60. The maximum Gasteiger partial charge on any atom is 0.257 e. The van der Waals surface area contributed by atoms with Gasteiger partial charge in [0.2, 0.25) is 5.43 Å². The van der Waals surface area contributed by atoms with Crippen molar-refractivity contribution in [3.8, 4) is 0 Å². The van der Waals surface area contributed by atoms with E-state index in [2.05, 4.69) is 35.8 Å². The van der Waals surface area contributed by atoms with E-state index in [4.69, 9.17) is 0 Å². The van der Waals surface area contributed by atoms with E-state index in [1.807, 2.05) is 14.0 Å². The van der Waals surface area contributed by atoms with E-state index in [0.29, 0.717) is 27.8 Å². The lowest BCUT2D eigenvalue weighted by Crippen LogP contribution is -2.65. The number of hydrogen-bond acceptors (Lipinski definition) is 3. The first kappa shape index (κ1) is 21.7. The number of nitrogens with one attached hydrogen (secondary N) is 1. The van der Waals surface area contributed by atoms with Crippen LogP contribution in [0.1, 0.15) is 94.6 Å². The highest BCUT2D eigenvalue weighted by Crippen LogP contribution is 2.66. The second kappa shape index (κ2) is 7.19. The number of aryl methyl sites for hydroxylation is 3. The normalized spacial score (nSPS) is 33.2. The molecule has 0 spiro atoms. The van der Waals surface area contributed by atoms with Gasteiger partial charge in [0, 0.05) is 25.3 Å². The Bertz CT molecular complexity index is 1120. The predicted molar refractivity (Wildman–Crippen MR) is 127 cm³/mol. The third kappa shape index (κ3) is 3.41. The standard InChI is InChI=1S/C26H38N4O2/c1-6-7-8-9-30-13-19(21(31)20-17(2)28-29(5)23(20)30)22(32)27-26-12-18-10-24(3,15-26)14-25(4,11-18)16-26/h13,18H,6-12,14-16H2,1-5H3,(H,27,32). The van der Waals surface area contributed by atoms with E-state index in [-0.39, 0.29) is 22.4 Å². The summed E-state index contributed by atoms with van der Waals surface area (Å²) in [5, 5.41) is 8.53. The molecule has 0 saturated heterocycles. The van der Waals surface area contributed by atoms with E-state index in [9.17, 15) is 9.59 Å². The third-order valence-electron chi connectivity index (χ3n) is 8.47. The molecule has 1 N–H and O–H groups in total. The van der Waals surface area contributed by atoms with Crippen molar-refractivity contribution in [1.82, 2.24) is 19.7 Å². The number of hydrogen-bond donors (Lipinski definition) is 1. The fourth-order valence-corrected chi connectivity index (χ4v) is 8.41. The van der Waals surface area contributed by atoms with Crippen molar-refractivity contribution in [2.24, 2.45) is 23.8 Å². The van der Waals surface area contributed by atoms with Crippen molar-refractivity contribution in [3.05, 3.63) is 27.7 Å². The van der Waals surface area contributed by atoms with Crippen LogP contribution in [0.15, 0.2) is 11.0 Å². The van der Waals surface area contributed by atoms with Crippen molar-refractivity contribution >= 4 is 16.9 Å². The number of carbonyl (C=O) groups is 1. The molecular weight excluding hydrogens is 400 g/mol. The fourth-order valence-electron chi connectivity index (χ4n) is 8.41. The van der Waals surface area contributed by atoms with E-state index < -0.39 is 0 Å². The summed E-state index contributed by atoms with van der Waals surface area (Å²) in [4.78, 5) is 27.1. The molecular formula is C26H38N4O2. The van der Waals surface area contributed by atoms with Crippen LogP contribution >= 0.6 is 0 Å². The first-order valence-corrected chi connectivity index (χ1v) is 12.5. The van der Waals surface area contributed by atoms with E-state index in [1.165, 1.54) is 19.3 Å². The number of pyridine rings is 1. The monoisotopic (exact) mass is 438 g/mol. The minimum atomic E-state index is -0.196. The van der Waals surface area contributed by atoms with Gasteiger partial charge in [-0.3, -0.25) is 14.3 Å². The van der Waals surface area contributed by atoms with Crippen LogP contribution in [0.2, 0.25) is 0 Å². The van der Waals surface area contributed by atoms with Crippen LogP contribution in [0.4, 0.5) is 0 Å². The second-order valence-corrected chi connectivity index (χ2v) is 12.0. The topological polar surface area (TPSA) is 68.9 Å². The first-order valence-electron chi connectivity index (χ1n) is 12.5. The lowest BCUT2D eigenvalue weighted by atomic mass is 9.43. The lowest BCUT2D eigenvalue weighted by Gasteiger charge is -2.65. The minimum absolute atomic E-state index is 0.168. The van der Waals surface area contributed by atoms with Gasteiger partial charge in [0.25, 0.3) is 5.91 Å². The molecule has 4 aliphatic rings. The molecule has 6 rings (SSSR count). The molecule has 1 amide bonds. The Hall–Kier alpha value is -2.11. The number of rotatable bonds is 6. The quantitative estimate of drug-likeness (QED) is 0.664. The van der Waals surface area contributed by atoms with Crippen LogP contribution in [-0.2, 0) is 13.6 Å². The van der Waals surface area contributed by atoms with Crippen molar-refractivity contribution in [2.45, 2.75) is 97.6 Å². The van der Waals surface area contributed by atoms with E-state index >= 15 is 0 Å². The van der Waals surface area contributed by atoms with Crippen LogP contribution in [0.3, 0.4) is 0 Å². The van der Waals surface area contributed by atoms with Crippen molar-refractivity contribution in [2.75, 3.05) is 0 Å². The van der Waals surface area contributed by atoms with Crippen molar-refractivity contribution in [1.29, 1.82) is 0 Å². The molecule has 2 aromatic heterocycles. The lowest BCUT2D eigenvalue weighted by molar-refractivity contribution is -0.114. The first-order chi connectivity index (χ1) is 15.1. The molecule has 2 atom stereocenters. The number of fused-ring (bicyclic) bond motifs is 1. The summed E-state index contributed by atoms with van der Waals surface area (Å²) in [6, 6.07) is 0. The van der Waals surface area contributed by atoms with Crippen LogP contribution < -0.4 is 10.7 Å². The Morgan fingerprint density at radius 2 is 1.84 bits per heavy atom. The number of aromatic nitrogens is 3. The molecule has 4 fully saturated rings. The number of carbonyl (C=O) groups excluding carboxylic acids is 1. The minimum Gasteiger partial charge on any atom is -0.346 e. The SMILES string of the molecule is CCCCCn1cc(C(=O)NC23CC4CC(C)(CC(C)(C4)C2)C3)c(=O)c2c(C)nn(C)c21. The Morgan fingerprint density at radius 3 is 2.47 bits per heavy atom. The van der Waals surface area contributed by atoms with Gasteiger partial charge < -0.3 is 9.88 Å². The Kier molecular flexibility index (Phi) is 4.88. The summed E-state index contributed by atoms with van der Waals surface area (Å²) >= 11 is 0. The summed E-state index contributed by atoms with van der Waals surface area (Å²) in [6.07, 6.45) is 12.0. The van der Waals surface area contributed by atoms with Crippen LogP contribution in [0.25, 0.3) is 11.0 Å². The van der Waals surface area contributed by atoms with Crippen LogP contribution in [0, 0.1) is 23.7 Å². The summed E-state index contributed by atoms with van der Waals surface area (Å²) in [5.74, 6) is 0.494. The zero-order chi connectivity index (χ0) is 22.9. The van der Waals surface area contributed by atoms with Crippen molar-refractivity contribution in [3.63, 3.8) is 0 Å². The van der Waals surface area contributed by atoms with Crippen LogP contribution in [0.5, 0.6) is 0 Å². The Morgan fingerprint density at radius 1 is 1.16 bits per heavy atom. The molecule has 2 aromatic rings. The number of unbranched alkanes of at least 4 members (excludes halogenated alkanes) is 2. The van der Waals surface area contributed by atoms with Gasteiger partial charge in [0.15, 0.2) is 0 Å². The molecule has 174 valence electrons. The summed E-state index contributed by atoms with van der Waals surface area (Å²) < 4.78 is 3.85. The van der Waals surface area contributed by atoms with Gasteiger partial charge in [-0.25, -0.2) is 0 Å². The predicted octanol–water partition coefficient (Wildman–Crippen LogP) is 4.71. The molecule has 4 bridgehead atoms. The molecule has 32 heavy (non-hydrogen) atoms.